The largest absolute Gasteiger partial charge is 0.324 e. The molecular formula is C15H20N4. The molecule has 0 spiro atoms. The van der Waals surface area contributed by atoms with E-state index < -0.39 is 0 Å². The van der Waals surface area contributed by atoms with Crippen molar-refractivity contribution in [3.05, 3.63) is 53.3 Å². The maximum atomic E-state index is 6.17. The third kappa shape index (κ3) is 2.55. The summed E-state index contributed by atoms with van der Waals surface area (Å²) in [6.07, 6.45) is 5.99. The summed E-state index contributed by atoms with van der Waals surface area (Å²) < 4.78 is 1.84. The third-order valence-corrected chi connectivity index (χ3v) is 3.82. The van der Waals surface area contributed by atoms with E-state index in [2.05, 4.69) is 40.9 Å². The van der Waals surface area contributed by atoms with E-state index >= 15 is 0 Å². The highest BCUT2D eigenvalue weighted by atomic mass is 15.2. The van der Waals surface area contributed by atoms with Gasteiger partial charge < -0.3 is 11.1 Å². The molecule has 0 fully saturated rings. The molecule has 19 heavy (non-hydrogen) atoms. The smallest absolute Gasteiger partial charge is 0.0522 e. The first kappa shape index (κ1) is 12.4. The molecule has 0 amide bonds. The molecule has 3 rings (SSSR count). The number of aromatic nitrogens is 2. The van der Waals surface area contributed by atoms with Gasteiger partial charge in [0.15, 0.2) is 0 Å². The third-order valence-electron chi connectivity index (χ3n) is 3.82. The van der Waals surface area contributed by atoms with Crippen molar-refractivity contribution in [2.45, 2.75) is 24.9 Å². The Kier molecular flexibility index (Phi) is 3.36. The normalized spacial score (nSPS) is 21.6. The predicted octanol–water partition coefficient (Wildman–Crippen LogP) is 1.70. The van der Waals surface area contributed by atoms with Crippen molar-refractivity contribution in [2.24, 2.45) is 12.8 Å². The van der Waals surface area contributed by atoms with E-state index in [-0.39, 0.29) is 6.04 Å². The van der Waals surface area contributed by atoms with E-state index in [1.807, 2.05) is 17.9 Å². The number of nitrogens with zero attached hydrogens (tertiary/aromatic N) is 2. The van der Waals surface area contributed by atoms with Gasteiger partial charge in [-0.3, -0.25) is 4.68 Å². The molecule has 1 heterocycles. The maximum absolute atomic E-state index is 6.17. The monoisotopic (exact) mass is 256 g/mol. The lowest BCUT2D eigenvalue weighted by molar-refractivity contribution is 0.502. The second-order valence-electron chi connectivity index (χ2n) is 5.25. The molecular weight excluding hydrogens is 236 g/mol. The summed E-state index contributed by atoms with van der Waals surface area (Å²) in [5.41, 5.74) is 10.1. The minimum Gasteiger partial charge on any atom is -0.324 e. The number of nitrogens with one attached hydrogen (secondary N) is 1. The molecule has 2 aromatic rings. The second-order valence-corrected chi connectivity index (χ2v) is 5.25. The Morgan fingerprint density at radius 1 is 1.37 bits per heavy atom. The topological polar surface area (TPSA) is 55.9 Å². The molecule has 1 aliphatic carbocycles. The quantitative estimate of drug-likeness (QED) is 0.875. The average Bonchev–Trinajstić information content (AvgIpc) is 2.96. The Labute approximate surface area is 113 Å². The molecule has 1 aromatic carbocycles. The van der Waals surface area contributed by atoms with E-state index in [1.54, 1.807) is 0 Å². The molecule has 4 heteroatoms. The van der Waals surface area contributed by atoms with Crippen LogP contribution in [0, 0.1) is 0 Å². The molecule has 0 radical (unpaired) electrons. The SMILES string of the molecule is Cn1cc(CCNC2CC(N)c3ccccc32)cn1. The first-order valence-electron chi connectivity index (χ1n) is 6.79. The van der Waals surface area contributed by atoms with Crippen molar-refractivity contribution in [3.63, 3.8) is 0 Å². The van der Waals surface area contributed by atoms with Gasteiger partial charge in [0, 0.05) is 25.3 Å². The first-order chi connectivity index (χ1) is 9.24. The highest BCUT2D eigenvalue weighted by Gasteiger charge is 2.27. The van der Waals surface area contributed by atoms with Crippen molar-refractivity contribution in [2.75, 3.05) is 6.54 Å². The standard InChI is InChI=1S/C15H20N4/c1-19-10-11(9-18-19)6-7-17-15-8-14(16)12-4-2-3-5-13(12)15/h2-5,9-10,14-15,17H,6-8,16H2,1H3. The fraction of sp³-hybridized carbons (Fsp3) is 0.400. The van der Waals surface area contributed by atoms with Crippen molar-refractivity contribution < 1.29 is 0 Å². The molecule has 1 aliphatic rings. The summed E-state index contributed by atoms with van der Waals surface area (Å²) in [6.45, 7) is 0.956. The summed E-state index contributed by atoms with van der Waals surface area (Å²) >= 11 is 0. The van der Waals surface area contributed by atoms with Gasteiger partial charge in [-0.2, -0.15) is 5.10 Å². The second kappa shape index (κ2) is 5.15. The van der Waals surface area contributed by atoms with Crippen LogP contribution in [0.4, 0.5) is 0 Å². The minimum absolute atomic E-state index is 0.173. The van der Waals surface area contributed by atoms with Crippen molar-refractivity contribution in [3.8, 4) is 0 Å². The van der Waals surface area contributed by atoms with Crippen LogP contribution in [0.3, 0.4) is 0 Å². The van der Waals surface area contributed by atoms with E-state index in [0.29, 0.717) is 6.04 Å². The highest BCUT2D eigenvalue weighted by Crippen LogP contribution is 2.36. The molecule has 0 saturated heterocycles. The lowest BCUT2D eigenvalue weighted by Crippen LogP contribution is -2.22. The summed E-state index contributed by atoms with van der Waals surface area (Å²) in [5.74, 6) is 0. The summed E-state index contributed by atoms with van der Waals surface area (Å²) in [5, 5.41) is 7.79. The van der Waals surface area contributed by atoms with Gasteiger partial charge in [-0.15, -0.1) is 0 Å². The van der Waals surface area contributed by atoms with Gasteiger partial charge in [0.1, 0.15) is 0 Å². The Hall–Kier alpha value is -1.65. The molecule has 100 valence electrons. The zero-order valence-corrected chi connectivity index (χ0v) is 11.2. The minimum atomic E-state index is 0.173. The Bertz CT molecular complexity index is 561. The maximum Gasteiger partial charge on any atom is 0.0522 e. The predicted molar refractivity (Wildman–Crippen MR) is 75.6 cm³/mol. The molecule has 1 aromatic heterocycles. The molecule has 4 nitrogen and oxygen atoms in total. The summed E-state index contributed by atoms with van der Waals surface area (Å²) in [6, 6.07) is 9.05. The van der Waals surface area contributed by atoms with Crippen molar-refractivity contribution >= 4 is 0 Å². The molecule has 2 unspecified atom stereocenters. The van der Waals surface area contributed by atoms with Crippen molar-refractivity contribution in [1.82, 2.24) is 15.1 Å². The number of fused-ring (bicyclic) bond motifs is 1. The molecule has 0 aliphatic heterocycles. The highest BCUT2D eigenvalue weighted by molar-refractivity contribution is 5.37. The fourth-order valence-corrected chi connectivity index (χ4v) is 2.86. The van der Waals surface area contributed by atoms with Crippen LogP contribution >= 0.6 is 0 Å². The fourth-order valence-electron chi connectivity index (χ4n) is 2.86. The van der Waals surface area contributed by atoms with Gasteiger partial charge in [0.05, 0.1) is 6.20 Å². The van der Waals surface area contributed by atoms with E-state index in [4.69, 9.17) is 5.73 Å². The average molecular weight is 256 g/mol. The molecule has 3 N–H and O–H groups in total. The Morgan fingerprint density at radius 3 is 2.89 bits per heavy atom. The van der Waals surface area contributed by atoms with Gasteiger partial charge >= 0.3 is 0 Å². The molecule has 0 bridgehead atoms. The zero-order chi connectivity index (χ0) is 13.2. The molecule has 2 atom stereocenters. The van der Waals surface area contributed by atoms with E-state index in [9.17, 15) is 0 Å². The van der Waals surface area contributed by atoms with Gasteiger partial charge in [-0.1, -0.05) is 24.3 Å². The Morgan fingerprint density at radius 2 is 2.16 bits per heavy atom. The lowest BCUT2D eigenvalue weighted by atomic mass is 10.1. The molecule has 0 saturated carbocycles. The van der Waals surface area contributed by atoms with Crippen LogP contribution in [0.2, 0.25) is 0 Å². The van der Waals surface area contributed by atoms with Crippen LogP contribution in [-0.2, 0) is 13.5 Å². The Balaban J connectivity index is 1.60. The lowest BCUT2D eigenvalue weighted by Gasteiger charge is -2.13. The number of rotatable bonds is 4. The van der Waals surface area contributed by atoms with Crippen LogP contribution in [0.1, 0.15) is 35.2 Å². The van der Waals surface area contributed by atoms with Crippen LogP contribution in [-0.4, -0.2) is 16.3 Å². The number of hydrogen-bond donors (Lipinski definition) is 2. The van der Waals surface area contributed by atoms with Crippen LogP contribution in [0.25, 0.3) is 0 Å². The van der Waals surface area contributed by atoms with E-state index in [1.165, 1.54) is 16.7 Å². The summed E-state index contributed by atoms with van der Waals surface area (Å²) in [4.78, 5) is 0. The van der Waals surface area contributed by atoms with Gasteiger partial charge in [0.25, 0.3) is 0 Å². The van der Waals surface area contributed by atoms with Crippen molar-refractivity contribution in [1.29, 1.82) is 0 Å². The number of benzene rings is 1. The van der Waals surface area contributed by atoms with Crippen LogP contribution < -0.4 is 11.1 Å². The van der Waals surface area contributed by atoms with Crippen LogP contribution in [0.5, 0.6) is 0 Å². The number of hydrogen-bond acceptors (Lipinski definition) is 3. The van der Waals surface area contributed by atoms with Gasteiger partial charge in [-0.05, 0) is 36.1 Å². The van der Waals surface area contributed by atoms with Gasteiger partial charge in [0.2, 0.25) is 0 Å². The first-order valence-corrected chi connectivity index (χ1v) is 6.79. The zero-order valence-electron chi connectivity index (χ0n) is 11.2. The number of nitrogens with two attached hydrogens (primary N) is 1. The van der Waals surface area contributed by atoms with Gasteiger partial charge in [-0.25, -0.2) is 0 Å². The van der Waals surface area contributed by atoms with E-state index in [0.717, 1.165) is 19.4 Å². The van der Waals surface area contributed by atoms with Crippen LogP contribution in [0.15, 0.2) is 36.7 Å². The summed E-state index contributed by atoms with van der Waals surface area (Å²) in [7, 11) is 1.95. The number of aryl methyl sites for hydroxylation is 1.